The Kier molecular flexibility index (Phi) is 6.16. The Hall–Kier alpha value is -1.74. The molecule has 1 atom stereocenters. The highest BCUT2D eigenvalue weighted by Crippen LogP contribution is 2.22. The number of aldehydes is 1. The first-order valence-electron chi connectivity index (χ1n) is 6.68. The molecule has 0 fully saturated rings. The fourth-order valence-electron chi connectivity index (χ4n) is 1.87. The molecule has 1 aromatic heterocycles. The summed E-state index contributed by atoms with van der Waals surface area (Å²) in [6.07, 6.45) is 2.90. The van der Waals surface area contributed by atoms with Crippen molar-refractivity contribution in [1.29, 1.82) is 0 Å². The number of carbonyl (C=O) groups excluding carboxylic acids is 1. The zero-order chi connectivity index (χ0) is 14.3. The molecule has 0 amide bonds. The number of benzene rings is 1. The van der Waals surface area contributed by atoms with E-state index in [0.717, 1.165) is 28.3 Å². The molecular weight excluding hydrogens is 238 g/mol. The highest BCUT2D eigenvalue weighted by Gasteiger charge is 2.07. The van der Waals surface area contributed by atoms with Crippen LogP contribution in [0.4, 0.5) is 0 Å². The van der Waals surface area contributed by atoms with Crippen molar-refractivity contribution in [3.8, 4) is 0 Å². The van der Waals surface area contributed by atoms with Gasteiger partial charge in [-0.3, -0.25) is 4.98 Å². The van der Waals surface area contributed by atoms with Gasteiger partial charge in [-0.25, -0.2) is 0 Å². The molecule has 1 N–H and O–H groups in total. The van der Waals surface area contributed by atoms with Crippen LogP contribution >= 0.6 is 0 Å². The summed E-state index contributed by atoms with van der Waals surface area (Å²) in [5.41, 5.74) is 1.82. The van der Waals surface area contributed by atoms with E-state index in [1.165, 1.54) is 0 Å². The molecule has 0 saturated heterocycles. The van der Waals surface area contributed by atoms with Crippen molar-refractivity contribution in [1.82, 2.24) is 4.98 Å². The van der Waals surface area contributed by atoms with Crippen molar-refractivity contribution in [2.45, 2.75) is 39.7 Å². The maximum Gasteiger partial charge on any atom is 0.120 e. The summed E-state index contributed by atoms with van der Waals surface area (Å²) in [6.45, 7) is 5.95. The quantitative estimate of drug-likeness (QED) is 0.854. The smallest absolute Gasteiger partial charge is 0.120 e. The summed E-state index contributed by atoms with van der Waals surface area (Å²) in [6, 6.07) is 7.81. The van der Waals surface area contributed by atoms with E-state index in [4.69, 9.17) is 0 Å². The number of rotatable bonds is 4. The molecule has 0 spiro atoms. The van der Waals surface area contributed by atoms with E-state index in [2.05, 4.69) is 4.98 Å². The molecule has 0 saturated carbocycles. The minimum absolute atomic E-state index is 0.380. The lowest BCUT2D eigenvalue weighted by atomic mass is 10.0. The van der Waals surface area contributed by atoms with E-state index < -0.39 is 6.10 Å². The van der Waals surface area contributed by atoms with E-state index in [9.17, 15) is 9.90 Å². The summed E-state index contributed by atoms with van der Waals surface area (Å²) in [5, 5.41) is 12.0. The number of hydrogen-bond acceptors (Lipinski definition) is 3. The van der Waals surface area contributed by atoms with Gasteiger partial charge in [-0.15, -0.1) is 0 Å². The summed E-state index contributed by atoms with van der Waals surface area (Å²) in [5.74, 6) is 0. The summed E-state index contributed by atoms with van der Waals surface area (Å²) in [4.78, 5) is 14.5. The monoisotopic (exact) mass is 259 g/mol. The molecule has 0 aliphatic carbocycles. The van der Waals surface area contributed by atoms with Crippen LogP contribution in [0.3, 0.4) is 0 Å². The Morgan fingerprint density at radius 1 is 1.26 bits per heavy atom. The van der Waals surface area contributed by atoms with Crippen LogP contribution in [-0.4, -0.2) is 16.4 Å². The van der Waals surface area contributed by atoms with Crippen LogP contribution in [0.2, 0.25) is 0 Å². The van der Waals surface area contributed by atoms with Crippen LogP contribution in [0.1, 0.15) is 44.1 Å². The maximum absolute atomic E-state index is 10.3. The minimum atomic E-state index is -0.578. The largest absolute Gasteiger partial charge is 0.388 e. The second-order valence-electron chi connectivity index (χ2n) is 4.19. The fraction of sp³-hybridized carbons (Fsp3) is 0.375. The van der Waals surface area contributed by atoms with Gasteiger partial charge in [-0.1, -0.05) is 26.0 Å². The normalized spacial score (nSPS) is 11.6. The van der Waals surface area contributed by atoms with Gasteiger partial charge in [-0.05, 0) is 36.4 Å². The molecule has 2 aromatic rings. The highest BCUT2D eigenvalue weighted by atomic mass is 16.3. The Morgan fingerprint density at radius 2 is 2.00 bits per heavy atom. The number of fused-ring (bicyclic) bond motifs is 1. The van der Waals surface area contributed by atoms with Crippen molar-refractivity contribution in [3.63, 3.8) is 0 Å². The average Bonchev–Trinajstić information content (AvgIpc) is 2.46. The Balaban J connectivity index is 0.000000861. The van der Waals surface area contributed by atoms with Gasteiger partial charge in [0.05, 0.1) is 6.10 Å². The van der Waals surface area contributed by atoms with Gasteiger partial charge in [0.1, 0.15) is 6.29 Å². The second kappa shape index (κ2) is 7.64. The topological polar surface area (TPSA) is 50.2 Å². The molecule has 1 heterocycles. The van der Waals surface area contributed by atoms with Crippen LogP contribution < -0.4 is 0 Å². The molecule has 0 radical (unpaired) electrons. The molecule has 19 heavy (non-hydrogen) atoms. The number of pyridine rings is 1. The third-order valence-corrected chi connectivity index (χ3v) is 2.83. The molecular formula is C16H21NO2. The molecule has 0 unspecified atom stereocenters. The summed E-state index contributed by atoms with van der Waals surface area (Å²) >= 11 is 0. The number of aromatic nitrogens is 1. The molecule has 0 aliphatic heterocycles. The van der Waals surface area contributed by atoms with Crippen LogP contribution in [-0.2, 0) is 4.79 Å². The second-order valence-corrected chi connectivity index (χ2v) is 4.19. The molecule has 0 bridgehead atoms. The van der Waals surface area contributed by atoms with Crippen molar-refractivity contribution >= 4 is 17.1 Å². The van der Waals surface area contributed by atoms with E-state index in [1.807, 2.05) is 45.0 Å². The molecule has 1 aromatic carbocycles. The first-order chi connectivity index (χ1) is 9.20. The van der Waals surface area contributed by atoms with E-state index in [-0.39, 0.29) is 0 Å². The Labute approximate surface area is 114 Å². The number of aliphatic hydroxyl groups excluding tert-OH is 1. The lowest BCUT2D eigenvalue weighted by Crippen LogP contribution is -1.97. The van der Waals surface area contributed by atoms with Crippen LogP contribution in [0, 0.1) is 6.92 Å². The van der Waals surface area contributed by atoms with E-state index >= 15 is 0 Å². The number of aliphatic hydroxyl groups is 1. The van der Waals surface area contributed by atoms with E-state index in [0.29, 0.717) is 12.8 Å². The molecule has 3 heteroatoms. The zero-order valence-electron chi connectivity index (χ0n) is 11.8. The zero-order valence-corrected chi connectivity index (χ0v) is 11.8. The predicted octanol–water partition coefficient (Wildman–Crippen LogP) is 3.58. The van der Waals surface area contributed by atoms with Crippen LogP contribution in [0.5, 0.6) is 0 Å². The predicted molar refractivity (Wildman–Crippen MR) is 78.1 cm³/mol. The number of carbonyl (C=O) groups is 1. The minimum Gasteiger partial charge on any atom is -0.388 e. The number of nitrogens with zero attached hydrogens (tertiary/aromatic N) is 1. The van der Waals surface area contributed by atoms with Gasteiger partial charge >= 0.3 is 0 Å². The fourth-order valence-corrected chi connectivity index (χ4v) is 1.87. The standard InChI is InChI=1S/C14H15NO2.C2H6/c1-10-7-11-4-5-12(8-13(11)9-15-10)14(17)3-2-6-16;1-2/h4-9,14,17H,2-3H2,1H3;1-2H3/t14-;/m0./s1. The highest BCUT2D eigenvalue weighted by molar-refractivity contribution is 5.82. The van der Waals surface area contributed by atoms with Crippen LogP contribution in [0.15, 0.2) is 30.5 Å². The van der Waals surface area contributed by atoms with Gasteiger partial charge in [0.2, 0.25) is 0 Å². The molecule has 0 aliphatic rings. The maximum atomic E-state index is 10.3. The SMILES string of the molecule is CC.Cc1cc2ccc([C@@H](O)CCC=O)cc2cn1. The average molecular weight is 259 g/mol. The van der Waals surface area contributed by atoms with Gasteiger partial charge in [0.25, 0.3) is 0 Å². The van der Waals surface area contributed by atoms with Crippen molar-refractivity contribution in [2.75, 3.05) is 0 Å². The van der Waals surface area contributed by atoms with Gasteiger partial charge < -0.3 is 9.90 Å². The first kappa shape index (κ1) is 15.3. The lowest BCUT2D eigenvalue weighted by Gasteiger charge is -2.10. The molecule has 102 valence electrons. The van der Waals surface area contributed by atoms with Gasteiger partial charge in [-0.2, -0.15) is 0 Å². The molecule has 2 rings (SSSR count). The Morgan fingerprint density at radius 3 is 2.68 bits per heavy atom. The summed E-state index contributed by atoms with van der Waals surface area (Å²) in [7, 11) is 0. The summed E-state index contributed by atoms with van der Waals surface area (Å²) < 4.78 is 0. The Bertz CT molecular complexity index is 537. The lowest BCUT2D eigenvalue weighted by molar-refractivity contribution is -0.108. The third-order valence-electron chi connectivity index (χ3n) is 2.83. The van der Waals surface area contributed by atoms with Crippen molar-refractivity contribution in [3.05, 3.63) is 41.7 Å². The first-order valence-corrected chi connectivity index (χ1v) is 6.68. The third kappa shape index (κ3) is 4.14. The van der Waals surface area contributed by atoms with Crippen molar-refractivity contribution < 1.29 is 9.90 Å². The number of hydrogen-bond donors (Lipinski definition) is 1. The van der Waals surface area contributed by atoms with E-state index in [1.54, 1.807) is 6.20 Å². The number of aryl methyl sites for hydroxylation is 1. The van der Waals surface area contributed by atoms with Crippen molar-refractivity contribution in [2.24, 2.45) is 0 Å². The van der Waals surface area contributed by atoms with Crippen LogP contribution in [0.25, 0.3) is 10.8 Å². The van der Waals surface area contributed by atoms with Gasteiger partial charge in [0.15, 0.2) is 0 Å². The molecule has 3 nitrogen and oxygen atoms in total. The van der Waals surface area contributed by atoms with Gasteiger partial charge in [0, 0.05) is 23.7 Å².